The summed E-state index contributed by atoms with van der Waals surface area (Å²) in [5.41, 5.74) is 6.69. The normalized spacial score (nSPS) is 10.8. The van der Waals surface area contributed by atoms with Crippen molar-refractivity contribution in [1.82, 2.24) is 14.8 Å². The van der Waals surface area contributed by atoms with Gasteiger partial charge in [-0.3, -0.25) is 0 Å². The number of hydrogen-bond acceptors (Lipinski definition) is 4. The van der Waals surface area contributed by atoms with E-state index in [9.17, 15) is 0 Å². The Hall–Kier alpha value is -1.88. The first kappa shape index (κ1) is 14.5. The number of nitrogens with zero attached hydrogens (tertiary/aromatic N) is 3. The van der Waals surface area contributed by atoms with Crippen LogP contribution >= 0.6 is 0 Å². The third-order valence-corrected chi connectivity index (χ3v) is 3.13. The van der Waals surface area contributed by atoms with Crippen molar-refractivity contribution in [1.29, 1.82) is 0 Å². The number of nitrogens with two attached hydrogens (primary N) is 1. The fraction of sp³-hybridized carbons (Fsp3) is 0.467. The number of benzene rings is 1. The number of aromatic nitrogens is 3. The molecule has 0 radical (unpaired) electrons. The molecule has 0 bridgehead atoms. The third-order valence-electron chi connectivity index (χ3n) is 3.13. The average Bonchev–Trinajstić information content (AvgIpc) is 2.90. The third kappa shape index (κ3) is 3.57. The summed E-state index contributed by atoms with van der Waals surface area (Å²) >= 11 is 0. The van der Waals surface area contributed by atoms with Gasteiger partial charge in [-0.05, 0) is 17.7 Å². The minimum absolute atomic E-state index is 0.528. The van der Waals surface area contributed by atoms with Gasteiger partial charge >= 0.3 is 0 Å². The zero-order valence-electron chi connectivity index (χ0n) is 12.2. The van der Waals surface area contributed by atoms with Crippen LogP contribution in [0.4, 0.5) is 0 Å². The summed E-state index contributed by atoms with van der Waals surface area (Å²) in [4.78, 5) is 4.48. The molecule has 0 amide bonds. The van der Waals surface area contributed by atoms with Gasteiger partial charge < -0.3 is 10.5 Å². The first-order valence-corrected chi connectivity index (χ1v) is 7.11. The van der Waals surface area contributed by atoms with Gasteiger partial charge in [0.15, 0.2) is 5.82 Å². The van der Waals surface area contributed by atoms with Crippen LogP contribution in [0, 0.1) is 0 Å². The lowest BCUT2D eigenvalue weighted by Crippen LogP contribution is -2.12. The minimum Gasteiger partial charge on any atom is -0.492 e. The Labute approximate surface area is 119 Å². The van der Waals surface area contributed by atoms with Crippen LogP contribution in [0.3, 0.4) is 0 Å². The standard InChI is InChI=1S/C15H22N4O/c1-3-14-17-15(4-2)19(18-14)8-9-20-13-7-5-6-12(10-13)11-16/h5-7,10H,3-4,8-9,11,16H2,1-2H3. The zero-order chi connectivity index (χ0) is 14.4. The van der Waals surface area contributed by atoms with E-state index in [-0.39, 0.29) is 0 Å². The highest BCUT2D eigenvalue weighted by Crippen LogP contribution is 2.13. The van der Waals surface area contributed by atoms with Crippen molar-refractivity contribution in [2.24, 2.45) is 5.73 Å². The molecule has 0 aliphatic rings. The van der Waals surface area contributed by atoms with Crippen molar-refractivity contribution in [3.63, 3.8) is 0 Å². The molecular weight excluding hydrogens is 252 g/mol. The van der Waals surface area contributed by atoms with E-state index in [1.54, 1.807) is 0 Å². The fourth-order valence-corrected chi connectivity index (χ4v) is 2.03. The van der Waals surface area contributed by atoms with Crippen LogP contribution in [-0.4, -0.2) is 21.4 Å². The molecule has 0 spiro atoms. The maximum absolute atomic E-state index is 5.75. The number of aryl methyl sites for hydroxylation is 2. The lowest BCUT2D eigenvalue weighted by molar-refractivity contribution is 0.288. The first-order chi connectivity index (χ1) is 9.76. The van der Waals surface area contributed by atoms with Crippen LogP contribution in [-0.2, 0) is 25.9 Å². The average molecular weight is 274 g/mol. The molecule has 0 saturated carbocycles. The quantitative estimate of drug-likeness (QED) is 0.838. The van der Waals surface area contributed by atoms with Gasteiger partial charge in [0.1, 0.15) is 18.2 Å². The van der Waals surface area contributed by atoms with E-state index in [2.05, 4.69) is 23.9 Å². The topological polar surface area (TPSA) is 66.0 Å². The van der Waals surface area contributed by atoms with E-state index in [0.717, 1.165) is 35.8 Å². The summed E-state index contributed by atoms with van der Waals surface area (Å²) in [5.74, 6) is 2.76. The Kier molecular flexibility index (Phi) is 5.12. The summed E-state index contributed by atoms with van der Waals surface area (Å²) in [6.45, 7) is 5.97. The summed E-state index contributed by atoms with van der Waals surface area (Å²) in [6, 6.07) is 7.87. The van der Waals surface area contributed by atoms with Gasteiger partial charge in [-0.2, -0.15) is 5.10 Å². The Morgan fingerprint density at radius 3 is 2.80 bits per heavy atom. The molecule has 2 aromatic rings. The molecule has 0 saturated heterocycles. The Morgan fingerprint density at radius 1 is 1.25 bits per heavy atom. The van der Waals surface area contributed by atoms with Crippen LogP contribution in [0.1, 0.15) is 31.1 Å². The molecule has 1 heterocycles. The van der Waals surface area contributed by atoms with Crippen LogP contribution in [0.25, 0.3) is 0 Å². The molecule has 2 N–H and O–H groups in total. The van der Waals surface area contributed by atoms with Crippen molar-refractivity contribution >= 4 is 0 Å². The predicted octanol–water partition coefficient (Wildman–Crippen LogP) is 1.94. The molecule has 0 aliphatic heterocycles. The second kappa shape index (κ2) is 7.05. The Morgan fingerprint density at radius 2 is 2.10 bits per heavy atom. The summed E-state index contributed by atoms with van der Waals surface area (Å²) in [7, 11) is 0. The highest BCUT2D eigenvalue weighted by atomic mass is 16.5. The molecule has 5 heteroatoms. The van der Waals surface area contributed by atoms with E-state index in [4.69, 9.17) is 10.5 Å². The van der Waals surface area contributed by atoms with Gasteiger partial charge in [-0.1, -0.05) is 26.0 Å². The first-order valence-electron chi connectivity index (χ1n) is 7.11. The van der Waals surface area contributed by atoms with Crippen LogP contribution in [0.15, 0.2) is 24.3 Å². The smallest absolute Gasteiger partial charge is 0.150 e. The lowest BCUT2D eigenvalue weighted by atomic mass is 10.2. The Balaban J connectivity index is 1.93. The monoisotopic (exact) mass is 274 g/mol. The van der Waals surface area contributed by atoms with E-state index in [0.29, 0.717) is 19.7 Å². The number of ether oxygens (including phenoxy) is 1. The van der Waals surface area contributed by atoms with E-state index in [1.807, 2.05) is 28.9 Å². The molecule has 0 atom stereocenters. The molecule has 108 valence electrons. The molecule has 1 aromatic heterocycles. The highest BCUT2D eigenvalue weighted by molar-refractivity contribution is 5.28. The molecule has 0 unspecified atom stereocenters. The SMILES string of the molecule is CCc1nc(CC)n(CCOc2cccc(CN)c2)n1. The molecule has 0 fully saturated rings. The van der Waals surface area contributed by atoms with Crippen molar-refractivity contribution in [2.75, 3.05) is 6.61 Å². The van der Waals surface area contributed by atoms with Gasteiger partial charge in [0.05, 0.1) is 6.54 Å². The second-order valence-electron chi connectivity index (χ2n) is 4.57. The molecule has 2 rings (SSSR count). The molecule has 1 aromatic carbocycles. The van der Waals surface area contributed by atoms with Crippen LogP contribution in [0.5, 0.6) is 5.75 Å². The minimum atomic E-state index is 0.528. The lowest BCUT2D eigenvalue weighted by Gasteiger charge is -2.08. The molecular formula is C15H22N4O. The number of hydrogen-bond donors (Lipinski definition) is 1. The van der Waals surface area contributed by atoms with E-state index < -0.39 is 0 Å². The highest BCUT2D eigenvalue weighted by Gasteiger charge is 2.06. The Bertz CT molecular complexity index is 551. The largest absolute Gasteiger partial charge is 0.492 e. The zero-order valence-corrected chi connectivity index (χ0v) is 12.2. The second-order valence-corrected chi connectivity index (χ2v) is 4.57. The summed E-state index contributed by atoms with van der Waals surface area (Å²) in [5, 5.41) is 4.47. The molecule has 20 heavy (non-hydrogen) atoms. The van der Waals surface area contributed by atoms with Gasteiger partial charge in [0.25, 0.3) is 0 Å². The predicted molar refractivity (Wildman–Crippen MR) is 78.6 cm³/mol. The van der Waals surface area contributed by atoms with E-state index >= 15 is 0 Å². The van der Waals surface area contributed by atoms with Gasteiger partial charge in [0, 0.05) is 19.4 Å². The van der Waals surface area contributed by atoms with Gasteiger partial charge in [0.2, 0.25) is 0 Å². The number of rotatable bonds is 7. The van der Waals surface area contributed by atoms with Crippen molar-refractivity contribution in [3.8, 4) is 5.75 Å². The van der Waals surface area contributed by atoms with Crippen LogP contribution in [0.2, 0.25) is 0 Å². The van der Waals surface area contributed by atoms with Crippen molar-refractivity contribution < 1.29 is 4.74 Å². The summed E-state index contributed by atoms with van der Waals surface area (Å²) in [6.07, 6.45) is 1.75. The maximum Gasteiger partial charge on any atom is 0.150 e. The summed E-state index contributed by atoms with van der Waals surface area (Å²) < 4.78 is 7.69. The van der Waals surface area contributed by atoms with Crippen LogP contribution < -0.4 is 10.5 Å². The maximum atomic E-state index is 5.75. The van der Waals surface area contributed by atoms with Gasteiger partial charge in [-0.15, -0.1) is 0 Å². The molecule has 0 aliphatic carbocycles. The van der Waals surface area contributed by atoms with Crippen molar-refractivity contribution in [2.45, 2.75) is 39.8 Å². The fourth-order valence-electron chi connectivity index (χ4n) is 2.03. The van der Waals surface area contributed by atoms with Crippen molar-refractivity contribution in [3.05, 3.63) is 41.5 Å². The van der Waals surface area contributed by atoms with E-state index in [1.165, 1.54) is 0 Å². The van der Waals surface area contributed by atoms with Gasteiger partial charge in [-0.25, -0.2) is 9.67 Å². The molecule has 5 nitrogen and oxygen atoms in total.